The number of amides is 2. The average Bonchev–Trinajstić information content (AvgIpc) is 2.75. The minimum absolute atomic E-state index is 0.0468. The molecule has 2 N–H and O–H groups in total. The van der Waals surface area contributed by atoms with Gasteiger partial charge < -0.3 is 19.9 Å². The van der Waals surface area contributed by atoms with Gasteiger partial charge in [-0.25, -0.2) is 9.18 Å². The van der Waals surface area contributed by atoms with E-state index in [-0.39, 0.29) is 22.9 Å². The number of carbonyl (C=O) groups excluding carboxylic acids is 1. The first-order valence-corrected chi connectivity index (χ1v) is 10.6. The summed E-state index contributed by atoms with van der Waals surface area (Å²) in [6.45, 7) is 9.34. The highest BCUT2D eigenvalue weighted by Gasteiger charge is 2.27. The van der Waals surface area contributed by atoms with E-state index in [4.69, 9.17) is 4.74 Å². The van der Waals surface area contributed by atoms with Gasteiger partial charge >= 0.3 is 6.03 Å². The molecule has 7 nitrogen and oxygen atoms in total. The lowest BCUT2D eigenvalue weighted by molar-refractivity contribution is 0.0774. The van der Waals surface area contributed by atoms with Crippen molar-refractivity contribution in [1.29, 1.82) is 0 Å². The summed E-state index contributed by atoms with van der Waals surface area (Å²) in [4.78, 5) is 30.8. The van der Waals surface area contributed by atoms with Crippen LogP contribution in [0.2, 0.25) is 0 Å². The fraction of sp³-hybridized carbons (Fsp3) is 0.333. The zero-order chi connectivity index (χ0) is 22.9. The van der Waals surface area contributed by atoms with Crippen LogP contribution < -0.4 is 15.6 Å². The fourth-order valence-corrected chi connectivity index (χ4v) is 3.77. The summed E-state index contributed by atoms with van der Waals surface area (Å²) in [7, 11) is 0. The quantitative estimate of drug-likeness (QED) is 0.635. The van der Waals surface area contributed by atoms with Crippen molar-refractivity contribution in [3.05, 3.63) is 64.7 Å². The molecule has 2 amide bonds. The average molecular weight is 439 g/mol. The number of ether oxygens (including phenoxy) is 1. The number of fused-ring (bicyclic) bond motifs is 1. The first-order valence-electron chi connectivity index (χ1n) is 10.6. The second-order valence-corrected chi connectivity index (χ2v) is 8.89. The van der Waals surface area contributed by atoms with E-state index in [0.717, 1.165) is 18.5 Å². The number of aromatic amines is 1. The van der Waals surface area contributed by atoms with Gasteiger partial charge in [0, 0.05) is 60.4 Å². The lowest BCUT2D eigenvalue weighted by Crippen LogP contribution is -2.55. The first kappa shape index (κ1) is 21.8. The van der Waals surface area contributed by atoms with Gasteiger partial charge in [-0.3, -0.25) is 9.69 Å². The summed E-state index contributed by atoms with van der Waals surface area (Å²) in [5.41, 5.74) is 0.927. The number of rotatable bonds is 3. The summed E-state index contributed by atoms with van der Waals surface area (Å²) < 4.78 is 20.3. The van der Waals surface area contributed by atoms with Gasteiger partial charge in [-0.05, 0) is 57.2 Å². The monoisotopic (exact) mass is 438 g/mol. The van der Waals surface area contributed by atoms with Crippen molar-refractivity contribution in [1.82, 2.24) is 14.8 Å². The van der Waals surface area contributed by atoms with Gasteiger partial charge in [0.2, 0.25) is 5.56 Å². The second kappa shape index (κ2) is 8.63. The fourth-order valence-electron chi connectivity index (χ4n) is 3.77. The van der Waals surface area contributed by atoms with Crippen LogP contribution in [0.5, 0.6) is 11.5 Å². The van der Waals surface area contributed by atoms with E-state index in [1.54, 1.807) is 35.2 Å². The second-order valence-electron chi connectivity index (χ2n) is 8.89. The molecule has 3 aromatic rings. The molecule has 1 aliphatic rings. The van der Waals surface area contributed by atoms with Gasteiger partial charge in [0.1, 0.15) is 5.75 Å². The van der Waals surface area contributed by atoms with E-state index in [9.17, 15) is 14.0 Å². The van der Waals surface area contributed by atoms with Crippen LogP contribution in [0, 0.1) is 5.82 Å². The zero-order valence-electron chi connectivity index (χ0n) is 18.4. The van der Waals surface area contributed by atoms with Gasteiger partial charge in [0.25, 0.3) is 0 Å². The zero-order valence-corrected chi connectivity index (χ0v) is 18.4. The SMILES string of the molecule is CC(C)(C)N1CCN(C(=O)Nc2ccc(Oc3ccc4[nH]c(=O)ccc4c3)c(F)c2)CC1. The van der Waals surface area contributed by atoms with Gasteiger partial charge in [0.05, 0.1) is 0 Å². The highest BCUT2D eigenvalue weighted by molar-refractivity contribution is 5.89. The van der Waals surface area contributed by atoms with Crippen molar-refractivity contribution in [3.63, 3.8) is 0 Å². The molecule has 0 bridgehead atoms. The van der Waals surface area contributed by atoms with E-state index in [0.29, 0.717) is 30.0 Å². The van der Waals surface area contributed by atoms with E-state index in [2.05, 4.69) is 36.0 Å². The van der Waals surface area contributed by atoms with Crippen LogP contribution in [0.3, 0.4) is 0 Å². The molecule has 1 aromatic heterocycles. The van der Waals surface area contributed by atoms with Crippen LogP contribution in [0.4, 0.5) is 14.9 Å². The number of anilines is 1. The minimum atomic E-state index is -0.582. The van der Waals surface area contributed by atoms with Gasteiger partial charge in [-0.1, -0.05) is 0 Å². The number of pyridine rings is 1. The molecular weight excluding hydrogens is 411 g/mol. The number of piperazine rings is 1. The van der Waals surface area contributed by atoms with Crippen molar-refractivity contribution in [2.45, 2.75) is 26.3 Å². The van der Waals surface area contributed by atoms with Crippen LogP contribution in [0.1, 0.15) is 20.8 Å². The van der Waals surface area contributed by atoms with Crippen molar-refractivity contribution in [3.8, 4) is 11.5 Å². The Hall–Kier alpha value is -3.39. The molecule has 1 aliphatic heterocycles. The van der Waals surface area contributed by atoms with E-state index in [1.165, 1.54) is 18.2 Å². The first-order chi connectivity index (χ1) is 15.2. The van der Waals surface area contributed by atoms with Crippen molar-refractivity contribution >= 4 is 22.6 Å². The molecule has 2 aromatic carbocycles. The Morgan fingerprint density at radius 3 is 2.47 bits per heavy atom. The molecule has 2 heterocycles. The lowest BCUT2D eigenvalue weighted by Gasteiger charge is -2.42. The molecule has 168 valence electrons. The molecule has 0 radical (unpaired) electrons. The summed E-state index contributed by atoms with van der Waals surface area (Å²) in [6, 6.07) is 12.3. The molecule has 0 unspecified atom stereocenters. The molecule has 32 heavy (non-hydrogen) atoms. The summed E-state index contributed by atoms with van der Waals surface area (Å²) in [5.74, 6) is -0.0931. The minimum Gasteiger partial charge on any atom is -0.454 e. The molecule has 1 fully saturated rings. The topological polar surface area (TPSA) is 77.7 Å². The number of H-pyrrole nitrogens is 1. The highest BCUT2D eigenvalue weighted by Crippen LogP contribution is 2.28. The van der Waals surface area contributed by atoms with Gasteiger partial charge in [-0.15, -0.1) is 0 Å². The molecule has 8 heteroatoms. The van der Waals surface area contributed by atoms with E-state index in [1.807, 2.05) is 0 Å². The smallest absolute Gasteiger partial charge is 0.321 e. The Bertz CT molecular complexity index is 1190. The molecule has 0 atom stereocenters. The number of aromatic nitrogens is 1. The maximum absolute atomic E-state index is 14.6. The number of halogens is 1. The summed E-state index contributed by atoms with van der Waals surface area (Å²) >= 11 is 0. The number of urea groups is 1. The third-order valence-corrected chi connectivity index (χ3v) is 5.62. The summed E-state index contributed by atoms with van der Waals surface area (Å²) in [6.07, 6.45) is 0. The lowest BCUT2D eigenvalue weighted by atomic mass is 10.1. The Morgan fingerprint density at radius 2 is 1.78 bits per heavy atom. The molecule has 0 saturated carbocycles. The van der Waals surface area contributed by atoms with Crippen LogP contribution in [0.15, 0.2) is 53.3 Å². The Morgan fingerprint density at radius 1 is 1.03 bits per heavy atom. The predicted molar refractivity (Wildman–Crippen MR) is 123 cm³/mol. The number of carbonyl (C=O) groups is 1. The largest absolute Gasteiger partial charge is 0.454 e. The number of benzene rings is 2. The standard InChI is InChI=1S/C24H27FN4O3/c1-24(2,3)29-12-10-28(11-13-29)23(31)26-17-5-8-21(19(25)15-17)32-18-6-7-20-16(14-18)4-9-22(30)27-20/h4-9,14-15H,10-13H2,1-3H3,(H,26,31)(H,27,30). The molecular formula is C24H27FN4O3. The maximum atomic E-state index is 14.6. The molecule has 4 rings (SSSR count). The number of hydrogen-bond acceptors (Lipinski definition) is 4. The molecule has 1 saturated heterocycles. The van der Waals surface area contributed by atoms with E-state index >= 15 is 0 Å². The number of nitrogens with zero attached hydrogens (tertiary/aromatic N) is 2. The van der Waals surface area contributed by atoms with Crippen LogP contribution in [0.25, 0.3) is 10.9 Å². The van der Waals surface area contributed by atoms with Gasteiger partial charge in [0.15, 0.2) is 11.6 Å². The van der Waals surface area contributed by atoms with Gasteiger partial charge in [-0.2, -0.15) is 0 Å². The van der Waals surface area contributed by atoms with Crippen molar-refractivity contribution < 1.29 is 13.9 Å². The predicted octanol–water partition coefficient (Wildman–Crippen LogP) is 4.41. The number of hydrogen-bond donors (Lipinski definition) is 2. The third-order valence-electron chi connectivity index (χ3n) is 5.62. The summed E-state index contributed by atoms with van der Waals surface area (Å²) in [5, 5.41) is 3.54. The normalized spacial score (nSPS) is 15.1. The van der Waals surface area contributed by atoms with Crippen molar-refractivity contribution in [2.75, 3.05) is 31.5 Å². The van der Waals surface area contributed by atoms with Crippen LogP contribution >= 0.6 is 0 Å². The third kappa shape index (κ3) is 4.91. The molecule has 0 spiro atoms. The number of nitrogens with one attached hydrogen (secondary N) is 2. The highest BCUT2D eigenvalue weighted by atomic mass is 19.1. The van der Waals surface area contributed by atoms with Crippen LogP contribution in [-0.2, 0) is 0 Å². The van der Waals surface area contributed by atoms with E-state index < -0.39 is 5.82 Å². The van der Waals surface area contributed by atoms with Crippen LogP contribution in [-0.4, -0.2) is 52.5 Å². The Balaban J connectivity index is 1.39. The Labute approximate surface area is 185 Å². The Kier molecular flexibility index (Phi) is 5.88. The maximum Gasteiger partial charge on any atom is 0.321 e. The van der Waals surface area contributed by atoms with Crippen molar-refractivity contribution in [2.24, 2.45) is 0 Å². The molecule has 0 aliphatic carbocycles.